The molecule has 3 heterocycles. The van der Waals surface area contributed by atoms with E-state index >= 15 is 0 Å². The fraction of sp³-hybridized carbons (Fsp3) is 0.364. The van der Waals surface area contributed by atoms with Crippen LogP contribution in [0, 0.1) is 0 Å². The summed E-state index contributed by atoms with van der Waals surface area (Å²) in [7, 11) is 0. The van der Waals surface area contributed by atoms with Crippen molar-refractivity contribution in [3.8, 4) is 11.3 Å². The van der Waals surface area contributed by atoms with E-state index in [-0.39, 0.29) is 5.41 Å². The van der Waals surface area contributed by atoms with Gasteiger partial charge in [0.1, 0.15) is 17.3 Å². The lowest BCUT2D eigenvalue weighted by molar-refractivity contribution is 0.223. The number of benzene rings is 1. The van der Waals surface area contributed by atoms with Gasteiger partial charge in [-0.1, -0.05) is 32.4 Å². The molecule has 4 rings (SSSR count). The van der Waals surface area contributed by atoms with Crippen LogP contribution in [0.3, 0.4) is 0 Å². The summed E-state index contributed by atoms with van der Waals surface area (Å²) in [6, 6.07) is 11.8. The van der Waals surface area contributed by atoms with Crippen LogP contribution in [-0.4, -0.2) is 21.4 Å². The van der Waals surface area contributed by atoms with Crippen molar-refractivity contribution < 1.29 is 4.42 Å². The predicted molar refractivity (Wildman–Crippen MR) is 108 cm³/mol. The van der Waals surface area contributed by atoms with E-state index < -0.39 is 0 Å². The van der Waals surface area contributed by atoms with Gasteiger partial charge in [0, 0.05) is 53.0 Å². The number of hydrogen-bond acceptors (Lipinski definition) is 4. The Balaban J connectivity index is 1.45. The molecule has 0 atom stereocenters. The van der Waals surface area contributed by atoms with E-state index in [0.717, 1.165) is 54.0 Å². The molecular formula is C22H24ClN3O. The Labute approximate surface area is 165 Å². The molecule has 0 spiro atoms. The molecule has 140 valence electrons. The van der Waals surface area contributed by atoms with Crippen LogP contribution < -0.4 is 0 Å². The van der Waals surface area contributed by atoms with Gasteiger partial charge in [-0.15, -0.1) is 0 Å². The van der Waals surface area contributed by atoms with Gasteiger partial charge in [0.15, 0.2) is 0 Å². The highest BCUT2D eigenvalue weighted by Gasteiger charge is 2.23. The second kappa shape index (κ2) is 7.10. The molecule has 0 fully saturated rings. The third-order valence-electron chi connectivity index (χ3n) is 4.85. The van der Waals surface area contributed by atoms with E-state index in [9.17, 15) is 0 Å². The quantitative estimate of drug-likeness (QED) is 0.621. The molecule has 1 aromatic carbocycles. The number of nitrogens with zero attached hydrogens (tertiary/aromatic N) is 3. The fourth-order valence-corrected chi connectivity index (χ4v) is 3.45. The lowest BCUT2D eigenvalue weighted by Gasteiger charge is -2.28. The zero-order valence-corrected chi connectivity index (χ0v) is 16.8. The zero-order valence-electron chi connectivity index (χ0n) is 16.0. The summed E-state index contributed by atoms with van der Waals surface area (Å²) in [6.45, 7) is 9.08. The van der Waals surface area contributed by atoms with Gasteiger partial charge >= 0.3 is 0 Å². The normalized spacial score (nSPS) is 15.0. The molecule has 0 saturated heterocycles. The largest absolute Gasteiger partial charge is 0.460 e. The third kappa shape index (κ3) is 4.07. The molecular weight excluding hydrogens is 358 g/mol. The Hall–Kier alpha value is -2.17. The summed E-state index contributed by atoms with van der Waals surface area (Å²) in [4.78, 5) is 11.8. The molecule has 5 heteroatoms. The predicted octanol–water partition coefficient (Wildman–Crippen LogP) is 5.25. The number of aromatic nitrogens is 2. The minimum Gasteiger partial charge on any atom is -0.460 e. The number of furan rings is 1. The van der Waals surface area contributed by atoms with E-state index in [4.69, 9.17) is 21.0 Å². The molecule has 0 N–H and O–H groups in total. The Morgan fingerprint density at radius 1 is 1.11 bits per heavy atom. The van der Waals surface area contributed by atoms with Crippen LogP contribution in [0.25, 0.3) is 11.3 Å². The van der Waals surface area contributed by atoms with Gasteiger partial charge in [-0.05, 0) is 36.4 Å². The first-order valence-electron chi connectivity index (χ1n) is 9.31. The van der Waals surface area contributed by atoms with Crippen LogP contribution in [0.15, 0.2) is 47.0 Å². The maximum absolute atomic E-state index is 6.05. The fourth-order valence-electron chi connectivity index (χ4n) is 3.32. The van der Waals surface area contributed by atoms with Gasteiger partial charge < -0.3 is 4.42 Å². The van der Waals surface area contributed by atoms with Crippen LogP contribution in [0.1, 0.15) is 43.6 Å². The zero-order chi connectivity index (χ0) is 19.0. The van der Waals surface area contributed by atoms with Crippen LogP contribution in [0.4, 0.5) is 0 Å². The van der Waals surface area contributed by atoms with Crippen LogP contribution >= 0.6 is 11.6 Å². The van der Waals surface area contributed by atoms with Gasteiger partial charge in [-0.3, -0.25) is 4.90 Å². The molecule has 27 heavy (non-hydrogen) atoms. The molecule has 0 aliphatic carbocycles. The lowest BCUT2D eigenvalue weighted by Crippen LogP contribution is -2.31. The average Bonchev–Trinajstić information content (AvgIpc) is 3.09. The molecule has 0 radical (unpaired) electrons. The van der Waals surface area contributed by atoms with Gasteiger partial charge in [0.25, 0.3) is 0 Å². The highest BCUT2D eigenvalue weighted by molar-refractivity contribution is 6.30. The van der Waals surface area contributed by atoms with E-state index in [0.29, 0.717) is 0 Å². The van der Waals surface area contributed by atoms with Crippen molar-refractivity contribution in [2.75, 3.05) is 6.54 Å². The Morgan fingerprint density at radius 3 is 2.63 bits per heavy atom. The molecule has 2 aromatic heterocycles. The summed E-state index contributed by atoms with van der Waals surface area (Å²) < 4.78 is 6.05. The van der Waals surface area contributed by atoms with E-state index in [2.05, 4.69) is 36.7 Å². The minimum absolute atomic E-state index is 0.0155. The summed E-state index contributed by atoms with van der Waals surface area (Å²) >= 11 is 5.96. The standard InChI is InChI=1S/C22H24ClN3O/c1-22(2,3)21-24-12-16-13-26(11-10-19(16)25-21)14-18-8-9-20(27-18)15-4-6-17(23)7-5-15/h4-9,12H,10-11,13-14H2,1-3H3. The summed E-state index contributed by atoms with van der Waals surface area (Å²) in [5, 5.41) is 0.731. The molecule has 0 unspecified atom stereocenters. The molecule has 1 aliphatic rings. The highest BCUT2D eigenvalue weighted by Crippen LogP contribution is 2.26. The average molecular weight is 382 g/mol. The second-order valence-electron chi connectivity index (χ2n) is 8.15. The minimum atomic E-state index is -0.0155. The van der Waals surface area contributed by atoms with Crippen molar-refractivity contribution in [1.29, 1.82) is 0 Å². The molecule has 1 aliphatic heterocycles. The molecule has 4 nitrogen and oxygen atoms in total. The van der Waals surface area contributed by atoms with Crippen molar-refractivity contribution in [3.05, 3.63) is 70.5 Å². The van der Waals surface area contributed by atoms with Gasteiger partial charge in [-0.25, -0.2) is 9.97 Å². The summed E-state index contributed by atoms with van der Waals surface area (Å²) in [5.74, 6) is 2.76. The lowest BCUT2D eigenvalue weighted by atomic mass is 9.95. The van der Waals surface area contributed by atoms with Crippen molar-refractivity contribution in [2.45, 2.75) is 45.7 Å². The van der Waals surface area contributed by atoms with Crippen molar-refractivity contribution in [3.63, 3.8) is 0 Å². The van der Waals surface area contributed by atoms with Gasteiger partial charge in [0.05, 0.1) is 6.54 Å². The number of halogens is 1. The summed E-state index contributed by atoms with van der Waals surface area (Å²) in [5.41, 5.74) is 3.43. The first-order valence-corrected chi connectivity index (χ1v) is 9.68. The van der Waals surface area contributed by atoms with Gasteiger partial charge in [0.2, 0.25) is 0 Å². The van der Waals surface area contributed by atoms with E-state index in [1.54, 1.807) is 0 Å². The molecule has 0 amide bonds. The maximum Gasteiger partial charge on any atom is 0.134 e. The molecule has 0 saturated carbocycles. The van der Waals surface area contributed by atoms with E-state index in [1.807, 2.05) is 36.5 Å². The van der Waals surface area contributed by atoms with Crippen LogP contribution in [0.2, 0.25) is 5.02 Å². The summed E-state index contributed by atoms with van der Waals surface area (Å²) in [6.07, 6.45) is 2.95. The van der Waals surface area contributed by atoms with Gasteiger partial charge in [-0.2, -0.15) is 0 Å². The highest BCUT2D eigenvalue weighted by atomic mass is 35.5. The number of fused-ring (bicyclic) bond motifs is 1. The first-order chi connectivity index (χ1) is 12.9. The van der Waals surface area contributed by atoms with Crippen molar-refractivity contribution in [1.82, 2.24) is 14.9 Å². The molecule has 0 bridgehead atoms. The number of hydrogen-bond donors (Lipinski definition) is 0. The van der Waals surface area contributed by atoms with Crippen molar-refractivity contribution >= 4 is 11.6 Å². The first kappa shape index (κ1) is 18.2. The smallest absolute Gasteiger partial charge is 0.134 e. The second-order valence-corrected chi connectivity index (χ2v) is 8.59. The Bertz CT molecular complexity index is 941. The van der Waals surface area contributed by atoms with Crippen LogP contribution in [-0.2, 0) is 24.9 Å². The third-order valence-corrected chi connectivity index (χ3v) is 5.11. The Kier molecular flexibility index (Phi) is 4.79. The maximum atomic E-state index is 6.05. The van der Waals surface area contributed by atoms with Crippen LogP contribution in [0.5, 0.6) is 0 Å². The monoisotopic (exact) mass is 381 g/mol. The van der Waals surface area contributed by atoms with Crippen molar-refractivity contribution in [2.24, 2.45) is 0 Å². The molecule has 3 aromatic rings. The Morgan fingerprint density at radius 2 is 1.89 bits per heavy atom. The SMILES string of the molecule is CC(C)(C)c1ncc2c(n1)CCN(Cc1ccc(-c3ccc(Cl)cc3)o1)C2. The van der Waals surface area contributed by atoms with E-state index in [1.165, 1.54) is 11.3 Å². The topological polar surface area (TPSA) is 42.2 Å². The number of rotatable bonds is 3.